The second kappa shape index (κ2) is 11.1. The normalized spacial score (nSPS) is 19.4. The number of ether oxygens (including phenoxy) is 2. The maximum atomic E-state index is 12.1. The highest BCUT2D eigenvalue weighted by Crippen LogP contribution is 2.26. The van der Waals surface area contributed by atoms with Crippen LogP contribution in [0.25, 0.3) is 11.3 Å². The third kappa shape index (κ3) is 6.65. The van der Waals surface area contributed by atoms with Gasteiger partial charge in [-0.1, -0.05) is 50.1 Å². The number of carbonyl (C=O) groups is 1. The van der Waals surface area contributed by atoms with Crippen LogP contribution < -0.4 is 5.43 Å². The van der Waals surface area contributed by atoms with E-state index in [0.717, 1.165) is 35.1 Å². The van der Waals surface area contributed by atoms with Crippen molar-refractivity contribution < 1.29 is 14.3 Å². The number of hydrogen-bond acceptors (Lipinski definition) is 7. The molecule has 29 heavy (non-hydrogen) atoms. The van der Waals surface area contributed by atoms with Crippen LogP contribution in [0.15, 0.2) is 40.8 Å². The number of hydrazone groups is 1. The third-order valence-electron chi connectivity index (χ3n) is 4.82. The third-order valence-corrected chi connectivity index (χ3v) is 5.56. The van der Waals surface area contributed by atoms with Crippen LogP contribution >= 0.6 is 11.3 Å². The van der Waals surface area contributed by atoms with Crippen molar-refractivity contribution in [2.24, 2.45) is 11.0 Å². The Hall–Kier alpha value is -2.25. The Morgan fingerprint density at radius 2 is 2.17 bits per heavy atom. The number of nitrogens with one attached hydrogen (secondary N) is 1. The Labute approximate surface area is 176 Å². The van der Waals surface area contributed by atoms with Gasteiger partial charge in [-0.15, -0.1) is 11.3 Å². The molecule has 2 atom stereocenters. The van der Waals surface area contributed by atoms with Crippen molar-refractivity contribution in [2.45, 2.75) is 52.1 Å². The molecule has 0 spiro atoms. The average Bonchev–Trinajstić information content (AvgIpc) is 3.34. The van der Waals surface area contributed by atoms with E-state index >= 15 is 0 Å². The van der Waals surface area contributed by atoms with E-state index < -0.39 is 0 Å². The van der Waals surface area contributed by atoms with Crippen LogP contribution in [0, 0.1) is 5.92 Å². The fourth-order valence-electron chi connectivity index (χ4n) is 3.27. The van der Waals surface area contributed by atoms with Gasteiger partial charge in [-0.25, -0.2) is 4.98 Å². The van der Waals surface area contributed by atoms with Gasteiger partial charge >= 0.3 is 5.97 Å². The molecule has 0 saturated carbocycles. The number of benzene rings is 1. The Bertz CT molecular complexity index is 807. The van der Waals surface area contributed by atoms with E-state index in [9.17, 15) is 4.79 Å². The van der Waals surface area contributed by atoms with Gasteiger partial charge < -0.3 is 9.47 Å². The van der Waals surface area contributed by atoms with Crippen LogP contribution in [-0.4, -0.2) is 36.0 Å². The zero-order valence-corrected chi connectivity index (χ0v) is 17.9. The van der Waals surface area contributed by atoms with E-state index in [1.54, 1.807) is 0 Å². The fraction of sp³-hybridized carbons (Fsp3) is 0.500. The Balaban J connectivity index is 1.44. The minimum absolute atomic E-state index is 0.137. The minimum atomic E-state index is -0.152. The molecule has 0 unspecified atom stereocenters. The van der Waals surface area contributed by atoms with Gasteiger partial charge in [-0.3, -0.25) is 10.2 Å². The smallest absolute Gasteiger partial charge is 0.309 e. The van der Waals surface area contributed by atoms with Crippen molar-refractivity contribution in [1.82, 2.24) is 4.98 Å². The number of esters is 1. The summed E-state index contributed by atoms with van der Waals surface area (Å²) in [4.78, 5) is 16.7. The Kier molecular flexibility index (Phi) is 8.19. The van der Waals surface area contributed by atoms with Gasteiger partial charge in [0.2, 0.25) is 5.13 Å². The molecule has 1 saturated heterocycles. The summed E-state index contributed by atoms with van der Waals surface area (Å²) >= 11 is 1.51. The van der Waals surface area contributed by atoms with Gasteiger partial charge in [0.15, 0.2) is 0 Å². The van der Waals surface area contributed by atoms with Crippen molar-refractivity contribution in [3.05, 3.63) is 35.7 Å². The maximum absolute atomic E-state index is 12.1. The molecule has 1 fully saturated rings. The number of cyclic esters (lactones) is 1. The van der Waals surface area contributed by atoms with E-state index in [1.165, 1.54) is 24.2 Å². The molecule has 7 heteroatoms. The first-order valence-corrected chi connectivity index (χ1v) is 11.1. The molecular formula is C22H29N3O3S. The first-order valence-electron chi connectivity index (χ1n) is 10.2. The van der Waals surface area contributed by atoms with Crippen molar-refractivity contribution in [1.29, 1.82) is 0 Å². The lowest BCUT2D eigenvalue weighted by molar-refractivity contribution is -0.146. The lowest BCUT2D eigenvalue weighted by Crippen LogP contribution is -2.15. The zero-order valence-electron chi connectivity index (χ0n) is 17.1. The number of carbonyl (C=O) groups excluding carboxylic acids is 1. The summed E-state index contributed by atoms with van der Waals surface area (Å²) in [6.07, 6.45) is 4.53. The van der Waals surface area contributed by atoms with Crippen LogP contribution in [0.4, 0.5) is 5.13 Å². The van der Waals surface area contributed by atoms with Crippen LogP contribution in [0.5, 0.6) is 0 Å². The van der Waals surface area contributed by atoms with Gasteiger partial charge in [0, 0.05) is 36.1 Å². The number of nitrogens with zero attached hydrogens (tertiary/aromatic N) is 2. The molecule has 0 bridgehead atoms. The highest BCUT2D eigenvalue weighted by atomic mass is 32.1. The number of rotatable bonds is 11. The van der Waals surface area contributed by atoms with Gasteiger partial charge in [0.05, 0.1) is 18.2 Å². The lowest BCUT2D eigenvalue weighted by Gasteiger charge is -2.09. The molecule has 0 amide bonds. The molecule has 2 heterocycles. The molecule has 1 aromatic carbocycles. The second-order valence-corrected chi connectivity index (χ2v) is 8.20. The minimum Gasteiger partial charge on any atom is -0.460 e. The summed E-state index contributed by atoms with van der Waals surface area (Å²) in [6, 6.07) is 10.0. The number of anilines is 1. The fourth-order valence-corrected chi connectivity index (χ4v) is 3.93. The quantitative estimate of drug-likeness (QED) is 0.238. The summed E-state index contributed by atoms with van der Waals surface area (Å²) in [5.74, 6) is -0.303. The second-order valence-electron chi connectivity index (χ2n) is 7.34. The highest BCUT2D eigenvalue weighted by Gasteiger charge is 2.34. The van der Waals surface area contributed by atoms with Crippen LogP contribution in [0.2, 0.25) is 0 Å². The Morgan fingerprint density at radius 1 is 1.34 bits per heavy atom. The monoisotopic (exact) mass is 415 g/mol. The average molecular weight is 416 g/mol. The van der Waals surface area contributed by atoms with Gasteiger partial charge in [0.25, 0.3) is 0 Å². The van der Waals surface area contributed by atoms with Crippen molar-refractivity contribution in [3.63, 3.8) is 0 Å². The molecule has 6 nitrogen and oxygen atoms in total. The molecule has 0 aliphatic carbocycles. The first kappa shape index (κ1) is 21.5. The highest BCUT2D eigenvalue weighted by molar-refractivity contribution is 7.14. The summed E-state index contributed by atoms with van der Waals surface area (Å²) in [6.45, 7) is 5.30. The number of thiazole rings is 1. The molecular weight excluding hydrogens is 386 g/mol. The lowest BCUT2D eigenvalue weighted by atomic mass is 9.99. The van der Waals surface area contributed by atoms with Crippen molar-refractivity contribution >= 4 is 28.1 Å². The standard InChI is InChI=1S/C22H29N3O3S/c1-3-4-8-11-27-14-19-13-18(21(26)28-19)12-16(2)24-25-22-23-20(15-29-22)17-9-6-5-7-10-17/h5-7,9-10,15,18-19H,3-4,8,11-14H2,1-2H3,(H,23,25)/b24-16-/t18-,19+/m1/s1. The largest absolute Gasteiger partial charge is 0.460 e. The van der Waals surface area contributed by atoms with Crippen LogP contribution in [0.3, 0.4) is 0 Å². The predicted octanol–water partition coefficient (Wildman–Crippen LogP) is 5.13. The topological polar surface area (TPSA) is 72.8 Å². The number of unbranched alkanes of at least 4 members (excludes halogenated alkanes) is 2. The molecule has 1 aliphatic rings. The van der Waals surface area contributed by atoms with E-state index in [4.69, 9.17) is 9.47 Å². The first-order chi connectivity index (χ1) is 14.2. The molecule has 3 rings (SSSR count). The summed E-state index contributed by atoms with van der Waals surface area (Å²) < 4.78 is 11.1. The molecule has 2 aromatic rings. The molecule has 1 aliphatic heterocycles. The van der Waals surface area contributed by atoms with E-state index in [2.05, 4.69) is 22.4 Å². The maximum Gasteiger partial charge on any atom is 0.309 e. The van der Waals surface area contributed by atoms with E-state index in [-0.39, 0.29) is 18.0 Å². The predicted molar refractivity (Wildman–Crippen MR) is 117 cm³/mol. The van der Waals surface area contributed by atoms with Gasteiger partial charge in [0.1, 0.15) is 6.10 Å². The SMILES string of the molecule is CCCCCOC[C@@H]1C[C@@H](C/C(C)=N\Nc2nc(-c3ccccc3)cs2)C(=O)O1. The molecule has 156 valence electrons. The Morgan fingerprint density at radius 3 is 2.97 bits per heavy atom. The summed E-state index contributed by atoms with van der Waals surface area (Å²) in [5, 5.41) is 7.13. The van der Waals surface area contributed by atoms with Gasteiger partial charge in [-0.2, -0.15) is 5.10 Å². The van der Waals surface area contributed by atoms with Gasteiger partial charge in [-0.05, 0) is 13.3 Å². The summed E-state index contributed by atoms with van der Waals surface area (Å²) in [5.41, 5.74) is 5.86. The van der Waals surface area contributed by atoms with E-state index in [1.807, 2.05) is 42.6 Å². The molecule has 1 N–H and O–H groups in total. The van der Waals surface area contributed by atoms with E-state index in [0.29, 0.717) is 19.4 Å². The van der Waals surface area contributed by atoms with Crippen LogP contribution in [0.1, 0.15) is 46.0 Å². The zero-order chi connectivity index (χ0) is 20.5. The van der Waals surface area contributed by atoms with Crippen molar-refractivity contribution in [3.8, 4) is 11.3 Å². The molecule has 1 aromatic heterocycles. The van der Waals surface area contributed by atoms with Crippen LogP contribution in [-0.2, 0) is 14.3 Å². The summed E-state index contributed by atoms with van der Waals surface area (Å²) in [7, 11) is 0. The van der Waals surface area contributed by atoms with Crippen molar-refractivity contribution in [2.75, 3.05) is 18.6 Å². The number of aromatic nitrogens is 1. The molecule has 0 radical (unpaired) electrons. The number of hydrogen-bond donors (Lipinski definition) is 1.